The van der Waals surface area contributed by atoms with Gasteiger partial charge >= 0.3 is 12.1 Å². The van der Waals surface area contributed by atoms with Crippen molar-refractivity contribution in [1.82, 2.24) is 4.90 Å². The van der Waals surface area contributed by atoms with Gasteiger partial charge in [0, 0.05) is 24.7 Å². The summed E-state index contributed by atoms with van der Waals surface area (Å²) in [6.45, 7) is 4.64. The first kappa shape index (κ1) is 21.1. The predicted octanol–water partition coefficient (Wildman–Crippen LogP) is 5.57. The summed E-state index contributed by atoms with van der Waals surface area (Å²) in [6, 6.07) is 13.7. The highest BCUT2D eigenvalue weighted by molar-refractivity contribution is 5.89. The first-order valence-electron chi connectivity index (χ1n) is 9.58. The molecule has 3 atom stereocenters. The van der Waals surface area contributed by atoms with Gasteiger partial charge in [-0.05, 0) is 61.1 Å². The molecule has 0 radical (unpaired) electrons. The SMILES string of the molecule is C/C(=C\C(=O)O)c1ccc(CC[C@@H](C)N2C[C@H]2c2cccc(C(F)(F)F)c2)cc1. The van der Waals surface area contributed by atoms with Crippen LogP contribution in [0.4, 0.5) is 13.2 Å². The minimum absolute atomic E-state index is 0.0541. The second-order valence-corrected chi connectivity index (χ2v) is 7.59. The first-order chi connectivity index (χ1) is 13.6. The molecule has 0 spiro atoms. The van der Waals surface area contributed by atoms with Crippen molar-refractivity contribution in [2.24, 2.45) is 0 Å². The van der Waals surface area contributed by atoms with Gasteiger partial charge in [0.25, 0.3) is 0 Å². The molecule has 1 N–H and O–H groups in total. The van der Waals surface area contributed by atoms with Crippen LogP contribution in [0.1, 0.15) is 48.6 Å². The maximum atomic E-state index is 12.9. The van der Waals surface area contributed by atoms with Crippen LogP contribution in [-0.4, -0.2) is 28.6 Å². The Morgan fingerprint density at radius 3 is 2.55 bits per heavy atom. The fraction of sp³-hybridized carbons (Fsp3) is 0.348. The van der Waals surface area contributed by atoms with E-state index in [1.807, 2.05) is 24.3 Å². The molecule has 3 rings (SSSR count). The monoisotopic (exact) mass is 403 g/mol. The molecule has 0 amide bonds. The minimum atomic E-state index is -4.31. The Morgan fingerprint density at radius 1 is 1.24 bits per heavy atom. The number of carbonyl (C=O) groups is 1. The molecule has 0 aliphatic carbocycles. The summed E-state index contributed by atoms with van der Waals surface area (Å²) in [6.07, 6.45) is -1.37. The van der Waals surface area contributed by atoms with E-state index < -0.39 is 17.7 Å². The van der Waals surface area contributed by atoms with Gasteiger partial charge in [-0.1, -0.05) is 36.4 Å². The van der Waals surface area contributed by atoms with Gasteiger partial charge in [-0.3, -0.25) is 4.90 Å². The summed E-state index contributed by atoms with van der Waals surface area (Å²) in [7, 11) is 0. The van der Waals surface area contributed by atoms with Gasteiger partial charge in [-0.15, -0.1) is 0 Å². The average molecular weight is 403 g/mol. The second kappa shape index (κ2) is 8.41. The number of rotatable bonds is 7. The minimum Gasteiger partial charge on any atom is -0.478 e. The van der Waals surface area contributed by atoms with Crippen molar-refractivity contribution >= 4 is 11.5 Å². The van der Waals surface area contributed by atoms with Gasteiger partial charge in [0.15, 0.2) is 0 Å². The number of nitrogens with zero attached hydrogens (tertiary/aromatic N) is 1. The van der Waals surface area contributed by atoms with E-state index >= 15 is 0 Å². The molecule has 154 valence electrons. The topological polar surface area (TPSA) is 40.3 Å². The zero-order chi connectivity index (χ0) is 21.2. The van der Waals surface area contributed by atoms with Crippen LogP contribution in [0.15, 0.2) is 54.6 Å². The molecule has 2 aromatic carbocycles. The third kappa shape index (κ3) is 5.48. The van der Waals surface area contributed by atoms with E-state index in [0.717, 1.165) is 42.1 Å². The number of carboxylic acid groups (broad SMARTS) is 1. The van der Waals surface area contributed by atoms with Crippen molar-refractivity contribution in [2.45, 2.75) is 44.9 Å². The molecular formula is C23H24F3NO2. The molecule has 0 bridgehead atoms. The second-order valence-electron chi connectivity index (χ2n) is 7.59. The number of aliphatic carboxylic acids is 1. The molecule has 6 heteroatoms. The summed E-state index contributed by atoms with van der Waals surface area (Å²) in [4.78, 5) is 13.0. The van der Waals surface area contributed by atoms with Crippen LogP contribution < -0.4 is 0 Å². The molecule has 29 heavy (non-hydrogen) atoms. The number of halogens is 3. The molecule has 2 aromatic rings. The Bertz CT molecular complexity index is 903. The lowest BCUT2D eigenvalue weighted by atomic mass is 10.0. The van der Waals surface area contributed by atoms with Crippen molar-refractivity contribution in [1.29, 1.82) is 0 Å². The van der Waals surface area contributed by atoms with Gasteiger partial charge in [0.05, 0.1) is 5.56 Å². The standard InChI is InChI=1S/C23H24F3NO2/c1-15(12-22(28)29)18-10-8-17(9-11-18)7-6-16(2)27-14-21(27)19-4-3-5-20(13-19)23(24,25)26/h3-5,8-13,16,21H,6-7,14H2,1-2H3,(H,28,29)/b15-12+/t16-,21+,27?/m1/s1. The zero-order valence-electron chi connectivity index (χ0n) is 16.4. The van der Waals surface area contributed by atoms with E-state index in [-0.39, 0.29) is 12.1 Å². The molecule has 0 aromatic heterocycles. The number of alkyl halides is 3. The lowest BCUT2D eigenvalue weighted by Gasteiger charge is -2.15. The van der Waals surface area contributed by atoms with Crippen LogP contribution in [0.2, 0.25) is 0 Å². The van der Waals surface area contributed by atoms with Gasteiger partial charge in [0.1, 0.15) is 0 Å². The maximum absolute atomic E-state index is 12.9. The van der Waals surface area contributed by atoms with Crippen LogP contribution in [-0.2, 0) is 17.4 Å². The fourth-order valence-corrected chi connectivity index (χ4v) is 3.60. The van der Waals surface area contributed by atoms with E-state index in [0.29, 0.717) is 5.57 Å². The lowest BCUT2D eigenvalue weighted by Crippen LogP contribution is -2.16. The van der Waals surface area contributed by atoms with E-state index in [9.17, 15) is 18.0 Å². The van der Waals surface area contributed by atoms with Crippen molar-refractivity contribution in [3.05, 3.63) is 76.9 Å². The van der Waals surface area contributed by atoms with Gasteiger partial charge in [-0.25, -0.2) is 4.79 Å². The van der Waals surface area contributed by atoms with Gasteiger partial charge < -0.3 is 5.11 Å². The number of hydrogen-bond acceptors (Lipinski definition) is 2. The van der Waals surface area contributed by atoms with Crippen molar-refractivity contribution in [3.8, 4) is 0 Å². The smallest absolute Gasteiger partial charge is 0.416 e. The average Bonchev–Trinajstić information content (AvgIpc) is 3.46. The molecule has 3 nitrogen and oxygen atoms in total. The lowest BCUT2D eigenvalue weighted by molar-refractivity contribution is -0.137. The Balaban J connectivity index is 1.55. The van der Waals surface area contributed by atoms with E-state index in [1.165, 1.54) is 18.2 Å². The highest BCUT2D eigenvalue weighted by Crippen LogP contribution is 2.40. The van der Waals surface area contributed by atoms with Crippen LogP contribution in [0.3, 0.4) is 0 Å². The van der Waals surface area contributed by atoms with E-state index in [4.69, 9.17) is 5.11 Å². The molecular weight excluding hydrogens is 379 g/mol. The largest absolute Gasteiger partial charge is 0.478 e. The summed E-state index contributed by atoms with van der Waals surface area (Å²) in [5.74, 6) is -0.964. The Labute approximate surface area is 168 Å². The predicted molar refractivity (Wildman–Crippen MR) is 106 cm³/mol. The quantitative estimate of drug-likeness (QED) is 0.485. The van der Waals surface area contributed by atoms with E-state index in [1.54, 1.807) is 13.0 Å². The van der Waals surface area contributed by atoms with Gasteiger partial charge in [-0.2, -0.15) is 13.2 Å². The Morgan fingerprint density at radius 2 is 1.93 bits per heavy atom. The first-order valence-corrected chi connectivity index (χ1v) is 9.58. The Hall–Kier alpha value is -2.60. The molecule has 1 unspecified atom stereocenters. The number of benzene rings is 2. The van der Waals surface area contributed by atoms with E-state index in [2.05, 4.69) is 11.8 Å². The molecule has 0 saturated carbocycles. The number of carboxylic acids is 1. The number of aryl methyl sites for hydroxylation is 1. The van der Waals surface area contributed by atoms with Crippen LogP contribution >= 0.6 is 0 Å². The number of hydrogen-bond donors (Lipinski definition) is 1. The van der Waals surface area contributed by atoms with Crippen LogP contribution in [0, 0.1) is 0 Å². The van der Waals surface area contributed by atoms with Crippen molar-refractivity contribution in [2.75, 3.05) is 6.54 Å². The Kier molecular flexibility index (Phi) is 6.13. The third-order valence-corrected chi connectivity index (χ3v) is 5.42. The summed E-state index contributed by atoms with van der Waals surface area (Å²) in [5, 5.41) is 8.82. The molecule has 1 aliphatic heterocycles. The normalized spacial score (nSPS) is 20.4. The maximum Gasteiger partial charge on any atom is 0.416 e. The van der Waals surface area contributed by atoms with Crippen molar-refractivity contribution in [3.63, 3.8) is 0 Å². The van der Waals surface area contributed by atoms with Crippen LogP contribution in [0.5, 0.6) is 0 Å². The summed E-state index contributed by atoms with van der Waals surface area (Å²) >= 11 is 0. The highest BCUT2D eigenvalue weighted by Gasteiger charge is 2.40. The zero-order valence-corrected chi connectivity index (χ0v) is 16.4. The third-order valence-electron chi connectivity index (χ3n) is 5.42. The molecule has 1 heterocycles. The summed E-state index contributed by atoms with van der Waals surface area (Å²) in [5.41, 5.74) is 2.85. The summed E-state index contributed by atoms with van der Waals surface area (Å²) < 4.78 is 38.7. The molecule has 1 aliphatic rings. The number of allylic oxidation sites excluding steroid dienone is 1. The molecule has 1 fully saturated rings. The molecule has 1 saturated heterocycles. The fourth-order valence-electron chi connectivity index (χ4n) is 3.60. The van der Waals surface area contributed by atoms with Crippen molar-refractivity contribution < 1.29 is 23.1 Å². The van der Waals surface area contributed by atoms with Gasteiger partial charge in [0.2, 0.25) is 0 Å². The highest BCUT2D eigenvalue weighted by atomic mass is 19.4. The van der Waals surface area contributed by atoms with Crippen LogP contribution in [0.25, 0.3) is 5.57 Å².